The average Bonchev–Trinajstić information content (AvgIpc) is 3.02. The zero-order valence-corrected chi connectivity index (χ0v) is 17.4. The van der Waals surface area contributed by atoms with Crippen LogP contribution in [-0.4, -0.2) is 21.5 Å². The van der Waals surface area contributed by atoms with Crippen molar-refractivity contribution in [2.75, 3.05) is 0 Å². The molecule has 0 saturated heterocycles. The molecule has 5 nitrogen and oxygen atoms in total. The maximum absolute atomic E-state index is 12.5. The second kappa shape index (κ2) is 7.48. The van der Waals surface area contributed by atoms with Crippen molar-refractivity contribution in [2.24, 2.45) is 10.6 Å². The summed E-state index contributed by atoms with van der Waals surface area (Å²) in [6, 6.07) is 16.8. The van der Waals surface area contributed by atoms with E-state index in [2.05, 4.69) is 19.0 Å². The number of halogens is 1. The lowest BCUT2D eigenvalue weighted by Gasteiger charge is -2.30. The zero-order valence-electron chi connectivity index (χ0n) is 16.6. The molecule has 0 fully saturated rings. The summed E-state index contributed by atoms with van der Waals surface area (Å²) >= 11 is 6.10. The third-order valence-corrected chi connectivity index (χ3v) is 5.40. The van der Waals surface area contributed by atoms with Crippen molar-refractivity contribution in [3.63, 3.8) is 0 Å². The molecule has 0 N–H and O–H groups in total. The van der Waals surface area contributed by atoms with Gasteiger partial charge in [-0.1, -0.05) is 60.9 Å². The number of aryl methyl sites for hydroxylation is 1. The Morgan fingerprint density at radius 3 is 2.52 bits per heavy atom. The smallest absolute Gasteiger partial charge is 0.312 e. The van der Waals surface area contributed by atoms with E-state index in [0.29, 0.717) is 17.0 Å². The minimum absolute atomic E-state index is 0.0400. The molecule has 1 heterocycles. The molecular formula is C23H22ClN3O2. The lowest BCUT2D eigenvalue weighted by atomic mass is 9.75. The normalized spacial score (nSPS) is 16.5. The number of hydrogen-bond acceptors (Lipinski definition) is 4. The maximum Gasteiger partial charge on any atom is 0.367 e. The van der Waals surface area contributed by atoms with Crippen LogP contribution in [0.5, 0.6) is 0 Å². The van der Waals surface area contributed by atoms with Gasteiger partial charge < -0.3 is 4.84 Å². The molecule has 148 valence electrons. The van der Waals surface area contributed by atoms with Gasteiger partial charge in [-0.2, -0.15) is 5.10 Å². The van der Waals surface area contributed by atoms with Crippen molar-refractivity contribution in [2.45, 2.75) is 33.6 Å². The van der Waals surface area contributed by atoms with E-state index in [0.717, 1.165) is 34.8 Å². The van der Waals surface area contributed by atoms with Gasteiger partial charge in [-0.3, -0.25) is 0 Å². The number of carbonyl (C=O) groups excluding carboxylic acids is 1. The van der Waals surface area contributed by atoms with Crippen molar-refractivity contribution in [3.8, 4) is 5.69 Å². The molecule has 0 amide bonds. The van der Waals surface area contributed by atoms with Crippen LogP contribution in [0.15, 0.2) is 59.8 Å². The first-order valence-electron chi connectivity index (χ1n) is 9.53. The van der Waals surface area contributed by atoms with Crippen molar-refractivity contribution in [1.29, 1.82) is 0 Å². The Morgan fingerprint density at radius 2 is 1.79 bits per heavy atom. The first kappa shape index (κ1) is 19.4. The predicted molar refractivity (Wildman–Crippen MR) is 114 cm³/mol. The zero-order chi connectivity index (χ0) is 20.6. The standard InChI is InChI=1S/C23H22ClN3O2/c1-15-21-19(26-29-22(28)17-11-7-8-12-18(17)24)13-23(2,3)14-20(21)27(25-15)16-9-5-4-6-10-16/h4-12H,13-14H2,1-3H3/b26-19+. The van der Waals surface area contributed by atoms with E-state index in [-0.39, 0.29) is 5.41 Å². The Bertz CT molecular complexity index is 1100. The summed E-state index contributed by atoms with van der Waals surface area (Å²) in [4.78, 5) is 17.8. The number of carbonyl (C=O) groups is 1. The number of hydrogen-bond donors (Lipinski definition) is 0. The van der Waals surface area contributed by atoms with Gasteiger partial charge in [0.2, 0.25) is 0 Å². The van der Waals surface area contributed by atoms with E-state index >= 15 is 0 Å². The second-order valence-electron chi connectivity index (χ2n) is 8.07. The van der Waals surface area contributed by atoms with Crippen LogP contribution in [-0.2, 0) is 11.3 Å². The van der Waals surface area contributed by atoms with E-state index in [1.165, 1.54) is 0 Å². The fraction of sp³-hybridized carbons (Fsp3) is 0.261. The molecule has 0 unspecified atom stereocenters. The summed E-state index contributed by atoms with van der Waals surface area (Å²) in [5.74, 6) is -0.568. The number of para-hydroxylation sites is 1. The van der Waals surface area contributed by atoms with Gasteiger partial charge in [0, 0.05) is 5.56 Å². The van der Waals surface area contributed by atoms with Crippen LogP contribution in [0.2, 0.25) is 5.02 Å². The maximum atomic E-state index is 12.5. The first-order chi connectivity index (χ1) is 13.9. The molecular weight excluding hydrogens is 386 g/mol. The molecule has 0 spiro atoms. The SMILES string of the molecule is Cc1nn(-c2ccccc2)c2c1/C(=N/OC(=O)c1ccccc1Cl)CC(C)(C)C2. The third kappa shape index (κ3) is 3.83. The monoisotopic (exact) mass is 407 g/mol. The van der Waals surface area contributed by atoms with Crippen molar-refractivity contribution >= 4 is 23.3 Å². The fourth-order valence-corrected chi connectivity index (χ4v) is 4.02. The van der Waals surface area contributed by atoms with Gasteiger partial charge in [0.05, 0.1) is 33.4 Å². The van der Waals surface area contributed by atoms with Crippen molar-refractivity contribution in [3.05, 3.63) is 82.1 Å². The molecule has 2 aromatic carbocycles. The van der Waals surface area contributed by atoms with Gasteiger partial charge >= 0.3 is 5.97 Å². The lowest BCUT2D eigenvalue weighted by molar-refractivity contribution is 0.0514. The summed E-state index contributed by atoms with van der Waals surface area (Å²) in [5, 5.41) is 9.36. The van der Waals surface area contributed by atoms with E-state index in [9.17, 15) is 4.79 Å². The molecule has 1 aromatic heterocycles. The van der Waals surface area contributed by atoms with Gasteiger partial charge in [-0.05, 0) is 49.4 Å². The van der Waals surface area contributed by atoms with Gasteiger partial charge in [-0.25, -0.2) is 9.48 Å². The number of fused-ring (bicyclic) bond motifs is 1. The van der Waals surface area contributed by atoms with Crippen LogP contribution in [0.3, 0.4) is 0 Å². The third-order valence-electron chi connectivity index (χ3n) is 5.07. The van der Waals surface area contributed by atoms with Crippen LogP contribution in [0.1, 0.15) is 47.6 Å². The Morgan fingerprint density at radius 1 is 1.10 bits per heavy atom. The van der Waals surface area contributed by atoms with Crippen LogP contribution < -0.4 is 0 Å². The molecule has 3 aromatic rings. The molecule has 29 heavy (non-hydrogen) atoms. The van der Waals surface area contributed by atoms with E-state index < -0.39 is 5.97 Å². The summed E-state index contributed by atoms with van der Waals surface area (Å²) in [7, 11) is 0. The second-order valence-corrected chi connectivity index (χ2v) is 8.48. The molecule has 0 radical (unpaired) electrons. The summed E-state index contributed by atoms with van der Waals surface area (Å²) in [6.45, 7) is 6.32. The fourth-order valence-electron chi connectivity index (χ4n) is 3.80. The molecule has 1 aliphatic rings. The molecule has 0 atom stereocenters. The minimum Gasteiger partial charge on any atom is -0.312 e. The van der Waals surface area contributed by atoms with E-state index in [1.54, 1.807) is 24.3 Å². The average molecular weight is 408 g/mol. The lowest BCUT2D eigenvalue weighted by Crippen LogP contribution is -2.29. The van der Waals surface area contributed by atoms with Gasteiger partial charge in [0.25, 0.3) is 0 Å². The van der Waals surface area contributed by atoms with Gasteiger partial charge in [-0.15, -0.1) is 0 Å². The highest BCUT2D eigenvalue weighted by Gasteiger charge is 2.35. The minimum atomic E-state index is -0.568. The topological polar surface area (TPSA) is 56.5 Å². The Labute approximate surface area is 174 Å². The van der Waals surface area contributed by atoms with Gasteiger partial charge in [0.15, 0.2) is 0 Å². The highest BCUT2D eigenvalue weighted by atomic mass is 35.5. The number of aromatic nitrogens is 2. The number of benzene rings is 2. The molecule has 0 saturated carbocycles. The van der Waals surface area contributed by atoms with Gasteiger partial charge in [0.1, 0.15) is 0 Å². The molecule has 0 bridgehead atoms. The summed E-state index contributed by atoms with van der Waals surface area (Å²) in [6.07, 6.45) is 1.55. The summed E-state index contributed by atoms with van der Waals surface area (Å²) in [5.41, 5.74) is 4.90. The number of nitrogens with zero attached hydrogens (tertiary/aromatic N) is 3. The largest absolute Gasteiger partial charge is 0.367 e. The van der Waals surface area contributed by atoms with Crippen molar-refractivity contribution in [1.82, 2.24) is 9.78 Å². The van der Waals surface area contributed by atoms with Crippen LogP contribution in [0.25, 0.3) is 5.69 Å². The number of oxime groups is 1. The summed E-state index contributed by atoms with van der Waals surface area (Å²) < 4.78 is 1.97. The Balaban J connectivity index is 1.73. The van der Waals surface area contributed by atoms with Crippen LogP contribution in [0, 0.1) is 12.3 Å². The highest BCUT2D eigenvalue weighted by Crippen LogP contribution is 2.37. The van der Waals surface area contributed by atoms with Crippen molar-refractivity contribution < 1.29 is 9.63 Å². The van der Waals surface area contributed by atoms with E-state index in [1.807, 2.05) is 41.9 Å². The quantitative estimate of drug-likeness (QED) is 0.433. The molecule has 0 aliphatic heterocycles. The number of rotatable bonds is 3. The Kier molecular flexibility index (Phi) is 5.01. The van der Waals surface area contributed by atoms with Crippen LogP contribution >= 0.6 is 11.6 Å². The van der Waals surface area contributed by atoms with Crippen LogP contribution in [0.4, 0.5) is 0 Å². The Hall–Kier alpha value is -2.92. The highest BCUT2D eigenvalue weighted by molar-refractivity contribution is 6.33. The molecule has 4 rings (SSSR count). The molecule has 1 aliphatic carbocycles. The molecule has 6 heteroatoms. The first-order valence-corrected chi connectivity index (χ1v) is 9.90. The van der Waals surface area contributed by atoms with E-state index in [4.69, 9.17) is 21.5 Å². The predicted octanol–water partition coefficient (Wildman–Crippen LogP) is 5.37.